The Morgan fingerprint density at radius 3 is 2.36 bits per heavy atom. The fourth-order valence-corrected chi connectivity index (χ4v) is 0.867. The summed E-state index contributed by atoms with van der Waals surface area (Å²) in [5, 5.41) is 0. The Labute approximate surface area is 85.8 Å². The van der Waals surface area contributed by atoms with Crippen molar-refractivity contribution in [1.82, 2.24) is 0 Å². The maximum atomic E-state index is 11.4. The minimum Gasteiger partial charge on any atom is -0.459 e. The van der Waals surface area contributed by atoms with E-state index in [1.54, 1.807) is 6.92 Å². The highest BCUT2D eigenvalue weighted by molar-refractivity contribution is 5.75. The van der Waals surface area contributed by atoms with Crippen molar-refractivity contribution < 1.29 is 14.3 Å². The number of ether oxygens (including phenoxy) is 2. The standard InChI is InChI=1S/C10H21NO3/c1-5-13-6-8(4)14-10(12)9(11)7(2)3/h7-9H,5-6,11H2,1-4H3. The molecule has 84 valence electrons. The molecule has 0 fully saturated rings. The fourth-order valence-electron chi connectivity index (χ4n) is 0.867. The summed E-state index contributed by atoms with van der Waals surface area (Å²) in [7, 11) is 0. The van der Waals surface area contributed by atoms with Gasteiger partial charge in [0.2, 0.25) is 0 Å². The van der Waals surface area contributed by atoms with Crippen molar-refractivity contribution in [3.05, 3.63) is 0 Å². The molecule has 0 aliphatic rings. The van der Waals surface area contributed by atoms with Gasteiger partial charge in [0.25, 0.3) is 0 Å². The average Bonchev–Trinajstić information content (AvgIpc) is 2.13. The Morgan fingerprint density at radius 2 is 1.93 bits per heavy atom. The van der Waals surface area contributed by atoms with Gasteiger partial charge in [0.15, 0.2) is 0 Å². The first-order valence-electron chi connectivity index (χ1n) is 5.02. The molecule has 4 nitrogen and oxygen atoms in total. The molecule has 0 aromatic rings. The molecule has 0 aromatic heterocycles. The van der Waals surface area contributed by atoms with Crippen LogP contribution in [-0.2, 0) is 14.3 Å². The van der Waals surface area contributed by atoms with E-state index in [0.717, 1.165) is 0 Å². The lowest BCUT2D eigenvalue weighted by Crippen LogP contribution is -2.39. The molecule has 2 N–H and O–H groups in total. The van der Waals surface area contributed by atoms with Gasteiger partial charge in [-0.3, -0.25) is 4.79 Å². The van der Waals surface area contributed by atoms with Crippen LogP contribution in [0.1, 0.15) is 27.7 Å². The number of nitrogens with two attached hydrogens (primary N) is 1. The Hall–Kier alpha value is -0.610. The Kier molecular flexibility index (Phi) is 6.49. The predicted octanol–water partition coefficient (Wildman–Crippen LogP) is 0.938. The summed E-state index contributed by atoms with van der Waals surface area (Å²) in [5.41, 5.74) is 5.62. The van der Waals surface area contributed by atoms with E-state index in [1.807, 2.05) is 20.8 Å². The van der Waals surface area contributed by atoms with Crippen LogP contribution in [0.3, 0.4) is 0 Å². The molecule has 0 aliphatic heterocycles. The summed E-state index contributed by atoms with van der Waals surface area (Å²) in [6.07, 6.45) is -0.229. The normalized spacial score (nSPS) is 15.3. The molecule has 0 aromatic carbocycles. The Morgan fingerprint density at radius 1 is 1.36 bits per heavy atom. The molecule has 0 amide bonds. The highest BCUT2D eigenvalue weighted by atomic mass is 16.6. The zero-order chi connectivity index (χ0) is 11.1. The van der Waals surface area contributed by atoms with E-state index >= 15 is 0 Å². The lowest BCUT2D eigenvalue weighted by atomic mass is 10.1. The van der Waals surface area contributed by atoms with Crippen LogP contribution in [0.2, 0.25) is 0 Å². The molecule has 0 bridgehead atoms. The molecular formula is C10H21NO3. The maximum absolute atomic E-state index is 11.4. The molecule has 0 spiro atoms. The summed E-state index contributed by atoms with van der Waals surface area (Å²) >= 11 is 0. The summed E-state index contributed by atoms with van der Waals surface area (Å²) in [4.78, 5) is 11.4. The van der Waals surface area contributed by atoms with Crippen LogP contribution in [0.15, 0.2) is 0 Å². The van der Waals surface area contributed by atoms with Crippen LogP contribution in [-0.4, -0.2) is 31.3 Å². The van der Waals surface area contributed by atoms with Gasteiger partial charge in [-0.25, -0.2) is 0 Å². The van der Waals surface area contributed by atoms with E-state index < -0.39 is 6.04 Å². The number of esters is 1. The lowest BCUT2D eigenvalue weighted by molar-refractivity contribution is -0.153. The first kappa shape index (κ1) is 13.4. The van der Waals surface area contributed by atoms with E-state index in [1.165, 1.54) is 0 Å². The largest absolute Gasteiger partial charge is 0.459 e. The van der Waals surface area contributed by atoms with Gasteiger partial charge in [-0.15, -0.1) is 0 Å². The second-order valence-corrected chi connectivity index (χ2v) is 3.68. The van der Waals surface area contributed by atoms with Gasteiger partial charge in [-0.2, -0.15) is 0 Å². The predicted molar refractivity (Wildman–Crippen MR) is 54.9 cm³/mol. The number of rotatable bonds is 6. The first-order valence-corrected chi connectivity index (χ1v) is 5.02. The topological polar surface area (TPSA) is 61.5 Å². The average molecular weight is 203 g/mol. The maximum Gasteiger partial charge on any atom is 0.323 e. The highest BCUT2D eigenvalue weighted by Crippen LogP contribution is 2.03. The molecule has 0 saturated carbocycles. The van der Waals surface area contributed by atoms with E-state index in [2.05, 4.69) is 0 Å². The van der Waals surface area contributed by atoms with Gasteiger partial charge < -0.3 is 15.2 Å². The van der Waals surface area contributed by atoms with E-state index in [4.69, 9.17) is 15.2 Å². The summed E-state index contributed by atoms with van der Waals surface area (Å²) in [5.74, 6) is -0.256. The smallest absolute Gasteiger partial charge is 0.323 e. The van der Waals surface area contributed by atoms with Crippen molar-refractivity contribution >= 4 is 5.97 Å². The van der Waals surface area contributed by atoms with Crippen molar-refractivity contribution in [3.8, 4) is 0 Å². The number of hydrogen-bond donors (Lipinski definition) is 1. The van der Waals surface area contributed by atoms with Crippen molar-refractivity contribution in [2.24, 2.45) is 11.7 Å². The van der Waals surface area contributed by atoms with Gasteiger partial charge in [-0.05, 0) is 19.8 Å². The highest BCUT2D eigenvalue weighted by Gasteiger charge is 2.20. The van der Waals surface area contributed by atoms with Gasteiger partial charge in [0.05, 0.1) is 6.61 Å². The molecule has 0 heterocycles. The lowest BCUT2D eigenvalue weighted by Gasteiger charge is -2.18. The molecule has 0 saturated heterocycles. The summed E-state index contributed by atoms with van der Waals surface area (Å²) in [6, 6.07) is -0.543. The second kappa shape index (κ2) is 6.79. The zero-order valence-electron chi connectivity index (χ0n) is 9.45. The van der Waals surface area contributed by atoms with E-state index in [9.17, 15) is 4.79 Å². The fraction of sp³-hybridized carbons (Fsp3) is 0.900. The van der Waals surface area contributed by atoms with E-state index in [-0.39, 0.29) is 18.0 Å². The molecule has 0 rings (SSSR count). The van der Waals surface area contributed by atoms with Crippen LogP contribution in [0.25, 0.3) is 0 Å². The summed E-state index contributed by atoms with van der Waals surface area (Å²) < 4.78 is 10.2. The van der Waals surface area contributed by atoms with Crippen molar-refractivity contribution in [3.63, 3.8) is 0 Å². The SMILES string of the molecule is CCOCC(C)OC(=O)C(N)C(C)C. The van der Waals surface area contributed by atoms with E-state index in [0.29, 0.717) is 13.2 Å². The Bertz CT molecular complexity index is 171. The summed E-state index contributed by atoms with van der Waals surface area (Å²) in [6.45, 7) is 8.51. The second-order valence-electron chi connectivity index (χ2n) is 3.68. The third-order valence-electron chi connectivity index (χ3n) is 1.86. The molecule has 4 heteroatoms. The van der Waals surface area contributed by atoms with Gasteiger partial charge >= 0.3 is 5.97 Å². The monoisotopic (exact) mass is 203 g/mol. The first-order chi connectivity index (χ1) is 6.49. The molecule has 0 aliphatic carbocycles. The molecule has 2 atom stereocenters. The minimum absolute atomic E-state index is 0.0989. The molecule has 14 heavy (non-hydrogen) atoms. The van der Waals surface area contributed by atoms with Gasteiger partial charge in [0.1, 0.15) is 12.1 Å². The zero-order valence-corrected chi connectivity index (χ0v) is 9.45. The van der Waals surface area contributed by atoms with Crippen molar-refractivity contribution in [2.45, 2.75) is 39.8 Å². The van der Waals surface area contributed by atoms with Crippen LogP contribution in [0.4, 0.5) is 0 Å². The number of carbonyl (C=O) groups is 1. The van der Waals surface area contributed by atoms with Gasteiger partial charge in [-0.1, -0.05) is 13.8 Å². The van der Waals surface area contributed by atoms with Crippen molar-refractivity contribution in [2.75, 3.05) is 13.2 Å². The van der Waals surface area contributed by atoms with Crippen LogP contribution in [0.5, 0.6) is 0 Å². The Balaban J connectivity index is 3.81. The van der Waals surface area contributed by atoms with Crippen molar-refractivity contribution in [1.29, 1.82) is 0 Å². The number of hydrogen-bond acceptors (Lipinski definition) is 4. The number of carbonyl (C=O) groups excluding carboxylic acids is 1. The third-order valence-corrected chi connectivity index (χ3v) is 1.86. The molecule has 2 unspecified atom stereocenters. The van der Waals surface area contributed by atoms with Crippen LogP contribution >= 0.6 is 0 Å². The quantitative estimate of drug-likeness (QED) is 0.652. The van der Waals surface area contributed by atoms with Crippen LogP contribution < -0.4 is 5.73 Å². The third kappa shape index (κ3) is 5.19. The minimum atomic E-state index is -0.543. The molecule has 0 radical (unpaired) electrons. The van der Waals surface area contributed by atoms with Gasteiger partial charge in [0, 0.05) is 6.61 Å². The molecular weight excluding hydrogens is 182 g/mol. The van der Waals surface area contributed by atoms with Crippen LogP contribution in [0, 0.1) is 5.92 Å².